The summed E-state index contributed by atoms with van der Waals surface area (Å²) in [5.74, 6) is 0.169. The molecule has 2 heterocycles. The van der Waals surface area contributed by atoms with E-state index in [9.17, 15) is 13.2 Å². The SMILES string of the molecule is COC(=O)c1ccc2nc(-c3ccc(S(=O)(=O)N4CCOCC4)cc3)[nH]c2c1. The highest BCUT2D eigenvalue weighted by Crippen LogP contribution is 2.24. The van der Waals surface area contributed by atoms with Gasteiger partial charge in [-0.1, -0.05) is 0 Å². The number of methoxy groups -OCH3 is 1. The number of ether oxygens (including phenoxy) is 2. The van der Waals surface area contributed by atoms with Gasteiger partial charge in [-0.3, -0.25) is 0 Å². The average Bonchev–Trinajstić information content (AvgIpc) is 3.17. The predicted octanol–water partition coefficient (Wildman–Crippen LogP) is 2.04. The van der Waals surface area contributed by atoms with E-state index < -0.39 is 16.0 Å². The number of aromatic amines is 1. The molecule has 8 nitrogen and oxygen atoms in total. The van der Waals surface area contributed by atoms with Crippen molar-refractivity contribution in [2.45, 2.75) is 4.90 Å². The van der Waals surface area contributed by atoms with Crippen molar-refractivity contribution in [3.63, 3.8) is 0 Å². The quantitative estimate of drug-likeness (QED) is 0.672. The molecule has 0 saturated carbocycles. The van der Waals surface area contributed by atoms with E-state index in [0.29, 0.717) is 48.7 Å². The van der Waals surface area contributed by atoms with Crippen molar-refractivity contribution in [3.8, 4) is 11.4 Å². The number of nitrogens with zero attached hydrogens (tertiary/aromatic N) is 2. The molecule has 9 heteroatoms. The Labute approximate surface area is 162 Å². The zero-order chi connectivity index (χ0) is 19.7. The van der Waals surface area contributed by atoms with Crippen LogP contribution in [0.25, 0.3) is 22.4 Å². The lowest BCUT2D eigenvalue weighted by atomic mass is 10.2. The second-order valence-electron chi connectivity index (χ2n) is 6.35. The maximum Gasteiger partial charge on any atom is 0.337 e. The number of hydrogen-bond acceptors (Lipinski definition) is 6. The maximum atomic E-state index is 12.7. The summed E-state index contributed by atoms with van der Waals surface area (Å²) in [5, 5.41) is 0. The first-order valence-electron chi connectivity index (χ1n) is 8.75. The van der Waals surface area contributed by atoms with Gasteiger partial charge in [0.1, 0.15) is 5.82 Å². The summed E-state index contributed by atoms with van der Waals surface area (Å²) in [4.78, 5) is 19.6. The summed E-state index contributed by atoms with van der Waals surface area (Å²) in [5.41, 5.74) is 2.57. The smallest absolute Gasteiger partial charge is 0.337 e. The number of aromatic nitrogens is 2. The van der Waals surface area contributed by atoms with E-state index in [0.717, 1.165) is 5.56 Å². The summed E-state index contributed by atoms with van der Waals surface area (Å²) in [6.07, 6.45) is 0. The molecular formula is C19H19N3O5S. The third-order valence-corrected chi connectivity index (χ3v) is 6.55. The number of benzene rings is 2. The zero-order valence-electron chi connectivity index (χ0n) is 15.2. The van der Waals surface area contributed by atoms with Gasteiger partial charge in [-0.05, 0) is 42.5 Å². The number of rotatable bonds is 4. The predicted molar refractivity (Wildman–Crippen MR) is 102 cm³/mol. The Morgan fingerprint density at radius 2 is 1.86 bits per heavy atom. The van der Waals surface area contributed by atoms with Gasteiger partial charge in [0.25, 0.3) is 0 Å². The number of esters is 1. The Kier molecular flexibility index (Phi) is 4.88. The molecule has 2 aromatic carbocycles. The van der Waals surface area contributed by atoms with Crippen molar-refractivity contribution in [1.82, 2.24) is 14.3 Å². The van der Waals surface area contributed by atoms with Gasteiger partial charge in [0.15, 0.2) is 0 Å². The number of sulfonamides is 1. The Morgan fingerprint density at radius 3 is 2.54 bits per heavy atom. The van der Waals surface area contributed by atoms with E-state index in [1.54, 1.807) is 42.5 Å². The minimum Gasteiger partial charge on any atom is -0.465 e. The fourth-order valence-corrected chi connectivity index (χ4v) is 4.52. The second kappa shape index (κ2) is 7.34. The summed E-state index contributed by atoms with van der Waals surface area (Å²) in [7, 11) is -2.20. The summed E-state index contributed by atoms with van der Waals surface area (Å²) < 4.78 is 36.8. The van der Waals surface area contributed by atoms with E-state index in [4.69, 9.17) is 9.47 Å². The van der Waals surface area contributed by atoms with Gasteiger partial charge in [0, 0.05) is 18.7 Å². The highest BCUT2D eigenvalue weighted by molar-refractivity contribution is 7.89. The highest BCUT2D eigenvalue weighted by Gasteiger charge is 2.26. The van der Waals surface area contributed by atoms with Gasteiger partial charge in [-0.25, -0.2) is 18.2 Å². The number of fused-ring (bicyclic) bond motifs is 1. The third kappa shape index (κ3) is 3.39. The molecule has 0 aliphatic carbocycles. The maximum absolute atomic E-state index is 12.7. The molecule has 0 bridgehead atoms. The number of hydrogen-bond donors (Lipinski definition) is 1. The number of carbonyl (C=O) groups excluding carboxylic acids is 1. The van der Waals surface area contributed by atoms with Crippen LogP contribution >= 0.6 is 0 Å². The lowest BCUT2D eigenvalue weighted by Gasteiger charge is -2.26. The van der Waals surface area contributed by atoms with Crippen molar-refractivity contribution < 1.29 is 22.7 Å². The van der Waals surface area contributed by atoms with Crippen LogP contribution in [0.2, 0.25) is 0 Å². The van der Waals surface area contributed by atoms with Crippen molar-refractivity contribution in [1.29, 1.82) is 0 Å². The zero-order valence-corrected chi connectivity index (χ0v) is 16.0. The number of carbonyl (C=O) groups is 1. The van der Waals surface area contributed by atoms with Crippen LogP contribution in [0.5, 0.6) is 0 Å². The van der Waals surface area contributed by atoms with Crippen LogP contribution in [-0.4, -0.2) is 62.1 Å². The van der Waals surface area contributed by atoms with Crippen LogP contribution in [0.1, 0.15) is 10.4 Å². The molecule has 0 radical (unpaired) electrons. The second-order valence-corrected chi connectivity index (χ2v) is 8.29. The van der Waals surface area contributed by atoms with E-state index in [1.807, 2.05) is 0 Å². The Morgan fingerprint density at radius 1 is 1.14 bits per heavy atom. The molecule has 0 amide bonds. The Balaban J connectivity index is 1.62. The van der Waals surface area contributed by atoms with Gasteiger partial charge in [0.05, 0.1) is 41.8 Å². The average molecular weight is 401 g/mol. The molecular weight excluding hydrogens is 382 g/mol. The third-order valence-electron chi connectivity index (χ3n) is 4.64. The minimum atomic E-state index is -3.53. The molecule has 3 aromatic rings. The molecule has 1 aromatic heterocycles. The van der Waals surface area contributed by atoms with Gasteiger partial charge in [0.2, 0.25) is 10.0 Å². The fraction of sp³-hybridized carbons (Fsp3) is 0.263. The molecule has 1 fully saturated rings. The lowest BCUT2D eigenvalue weighted by molar-refractivity contribution is 0.0601. The van der Waals surface area contributed by atoms with Crippen molar-refractivity contribution in [2.24, 2.45) is 0 Å². The van der Waals surface area contributed by atoms with E-state index in [2.05, 4.69) is 9.97 Å². The van der Waals surface area contributed by atoms with Crippen LogP contribution in [0.4, 0.5) is 0 Å². The number of morpholine rings is 1. The molecule has 0 unspecified atom stereocenters. The molecule has 1 N–H and O–H groups in total. The highest BCUT2D eigenvalue weighted by atomic mass is 32.2. The largest absolute Gasteiger partial charge is 0.465 e. The molecule has 146 valence electrons. The summed E-state index contributed by atoms with van der Waals surface area (Å²) in [6.45, 7) is 1.53. The molecule has 4 rings (SSSR count). The lowest BCUT2D eigenvalue weighted by Crippen LogP contribution is -2.40. The van der Waals surface area contributed by atoms with Crippen LogP contribution < -0.4 is 0 Å². The van der Waals surface area contributed by atoms with Gasteiger partial charge in [-0.15, -0.1) is 0 Å². The Bertz CT molecular complexity index is 1120. The molecule has 0 spiro atoms. The van der Waals surface area contributed by atoms with E-state index in [-0.39, 0.29) is 4.90 Å². The van der Waals surface area contributed by atoms with Crippen LogP contribution in [0.3, 0.4) is 0 Å². The van der Waals surface area contributed by atoms with Gasteiger partial charge < -0.3 is 14.5 Å². The van der Waals surface area contributed by atoms with E-state index >= 15 is 0 Å². The summed E-state index contributed by atoms with van der Waals surface area (Å²) >= 11 is 0. The number of nitrogens with one attached hydrogen (secondary N) is 1. The molecule has 1 aliphatic heterocycles. The number of H-pyrrole nitrogens is 1. The van der Waals surface area contributed by atoms with Crippen molar-refractivity contribution >= 4 is 27.0 Å². The Hall–Kier alpha value is -2.75. The molecule has 28 heavy (non-hydrogen) atoms. The topological polar surface area (TPSA) is 102 Å². The minimum absolute atomic E-state index is 0.238. The van der Waals surface area contributed by atoms with Crippen molar-refractivity contribution in [3.05, 3.63) is 48.0 Å². The van der Waals surface area contributed by atoms with Crippen molar-refractivity contribution in [2.75, 3.05) is 33.4 Å². The van der Waals surface area contributed by atoms with Crippen LogP contribution in [0.15, 0.2) is 47.4 Å². The van der Waals surface area contributed by atoms with Gasteiger partial charge >= 0.3 is 5.97 Å². The molecule has 0 atom stereocenters. The summed E-state index contributed by atoms with van der Waals surface area (Å²) in [6, 6.07) is 11.6. The number of imidazole rings is 1. The first kappa shape index (κ1) is 18.6. The van der Waals surface area contributed by atoms with Gasteiger partial charge in [-0.2, -0.15) is 4.31 Å². The standard InChI is InChI=1S/C19H19N3O5S/c1-26-19(23)14-4-7-16-17(12-14)21-18(20-16)13-2-5-15(6-3-13)28(24,25)22-8-10-27-11-9-22/h2-7,12H,8-11H2,1H3,(H,20,21). The molecule has 1 aliphatic rings. The van der Waals surface area contributed by atoms with E-state index in [1.165, 1.54) is 11.4 Å². The monoisotopic (exact) mass is 401 g/mol. The first-order valence-corrected chi connectivity index (χ1v) is 10.2. The normalized spacial score (nSPS) is 15.6. The van der Waals surface area contributed by atoms with Crippen LogP contribution in [0, 0.1) is 0 Å². The van der Waals surface area contributed by atoms with Crippen LogP contribution in [-0.2, 0) is 19.5 Å². The fourth-order valence-electron chi connectivity index (χ4n) is 3.11. The first-order chi connectivity index (χ1) is 13.5. The molecule has 1 saturated heterocycles.